The Hall–Kier alpha value is -1.06. The highest BCUT2D eigenvalue weighted by Gasteiger charge is 2.26. The van der Waals surface area contributed by atoms with E-state index in [9.17, 15) is 5.11 Å². The summed E-state index contributed by atoms with van der Waals surface area (Å²) in [4.78, 5) is 0. The summed E-state index contributed by atoms with van der Waals surface area (Å²) in [5, 5.41) is 12.8. The van der Waals surface area contributed by atoms with E-state index in [4.69, 9.17) is 4.74 Å². The van der Waals surface area contributed by atoms with Crippen LogP contribution in [0.2, 0.25) is 0 Å². The maximum Gasteiger partial charge on any atom is 0.119 e. The number of hydrogen-bond acceptors (Lipinski definition) is 3. The second-order valence-electron chi connectivity index (χ2n) is 5.86. The Labute approximate surface area is 116 Å². The van der Waals surface area contributed by atoms with Crippen LogP contribution in [0, 0.1) is 5.92 Å². The fourth-order valence-electron chi connectivity index (χ4n) is 2.44. The molecule has 2 rings (SSSR count). The molecule has 0 aliphatic heterocycles. The number of hydrogen-bond donors (Lipinski definition) is 2. The predicted octanol–water partition coefficient (Wildman–Crippen LogP) is 2.90. The summed E-state index contributed by atoms with van der Waals surface area (Å²) >= 11 is 0. The van der Waals surface area contributed by atoms with Gasteiger partial charge in [0.1, 0.15) is 5.75 Å². The van der Waals surface area contributed by atoms with Crippen LogP contribution in [0.25, 0.3) is 0 Å². The highest BCUT2D eigenvalue weighted by Crippen LogP contribution is 2.27. The predicted molar refractivity (Wildman–Crippen MR) is 77.4 cm³/mol. The highest BCUT2D eigenvalue weighted by molar-refractivity contribution is 5.29. The molecule has 0 spiro atoms. The van der Waals surface area contributed by atoms with E-state index in [1.807, 2.05) is 26.0 Å². The van der Waals surface area contributed by atoms with E-state index < -0.39 is 0 Å². The van der Waals surface area contributed by atoms with Gasteiger partial charge in [-0.05, 0) is 63.8 Å². The summed E-state index contributed by atoms with van der Waals surface area (Å²) in [7, 11) is 0. The first-order valence-corrected chi connectivity index (χ1v) is 7.22. The van der Waals surface area contributed by atoms with Crippen molar-refractivity contribution in [2.24, 2.45) is 5.92 Å². The summed E-state index contributed by atoms with van der Waals surface area (Å²) in [6.07, 6.45) is 2.04. The molecule has 3 nitrogen and oxygen atoms in total. The average molecular weight is 263 g/mol. The number of rotatable bonds is 6. The number of nitrogens with one attached hydrogen (secondary N) is 1. The molecule has 0 radical (unpaired) electrons. The smallest absolute Gasteiger partial charge is 0.119 e. The van der Waals surface area contributed by atoms with Crippen LogP contribution < -0.4 is 10.1 Å². The van der Waals surface area contributed by atoms with Gasteiger partial charge in [-0.25, -0.2) is 0 Å². The van der Waals surface area contributed by atoms with E-state index >= 15 is 0 Å². The van der Waals surface area contributed by atoms with Crippen molar-refractivity contribution in [3.05, 3.63) is 29.8 Å². The largest absolute Gasteiger partial charge is 0.491 e. The Morgan fingerprint density at radius 2 is 1.84 bits per heavy atom. The third-order valence-electron chi connectivity index (χ3n) is 3.68. The number of aliphatic hydroxyl groups excluding tert-OH is 1. The average Bonchev–Trinajstić information content (AvgIpc) is 2.33. The molecule has 0 amide bonds. The van der Waals surface area contributed by atoms with E-state index in [-0.39, 0.29) is 12.2 Å². The van der Waals surface area contributed by atoms with E-state index in [1.165, 1.54) is 5.56 Å². The van der Waals surface area contributed by atoms with E-state index in [1.54, 1.807) is 0 Å². The summed E-state index contributed by atoms with van der Waals surface area (Å²) in [5.41, 5.74) is 1.27. The van der Waals surface area contributed by atoms with Crippen LogP contribution in [0.15, 0.2) is 24.3 Å². The van der Waals surface area contributed by atoms with Gasteiger partial charge in [-0.3, -0.25) is 0 Å². The lowest BCUT2D eigenvalue weighted by molar-refractivity contribution is 0.0420. The van der Waals surface area contributed by atoms with Crippen LogP contribution in [0.5, 0.6) is 5.75 Å². The van der Waals surface area contributed by atoms with Gasteiger partial charge in [0.15, 0.2) is 0 Å². The summed E-state index contributed by atoms with van der Waals surface area (Å²) in [6, 6.07) is 8.63. The monoisotopic (exact) mass is 263 g/mol. The molecule has 1 aromatic rings. The summed E-state index contributed by atoms with van der Waals surface area (Å²) in [6.45, 7) is 7.23. The molecule has 1 aliphatic rings. The first-order chi connectivity index (χ1) is 9.04. The lowest BCUT2D eigenvalue weighted by atomic mass is 9.82. The molecule has 19 heavy (non-hydrogen) atoms. The zero-order chi connectivity index (χ0) is 13.8. The third kappa shape index (κ3) is 4.22. The molecular weight excluding hydrogens is 238 g/mol. The first-order valence-electron chi connectivity index (χ1n) is 7.22. The van der Waals surface area contributed by atoms with Gasteiger partial charge in [-0.1, -0.05) is 12.1 Å². The van der Waals surface area contributed by atoms with Crippen LogP contribution in [0.4, 0.5) is 0 Å². The van der Waals surface area contributed by atoms with Gasteiger partial charge in [0, 0.05) is 6.04 Å². The van der Waals surface area contributed by atoms with Crippen molar-refractivity contribution in [1.82, 2.24) is 5.32 Å². The topological polar surface area (TPSA) is 41.5 Å². The molecule has 1 saturated carbocycles. The van der Waals surface area contributed by atoms with Crippen LogP contribution in [0.1, 0.15) is 45.2 Å². The number of aliphatic hydroxyl groups is 1. The highest BCUT2D eigenvalue weighted by atomic mass is 16.5. The second kappa shape index (κ2) is 6.40. The van der Waals surface area contributed by atoms with E-state index in [2.05, 4.69) is 24.4 Å². The van der Waals surface area contributed by atoms with Gasteiger partial charge >= 0.3 is 0 Å². The van der Waals surface area contributed by atoms with Gasteiger partial charge < -0.3 is 15.2 Å². The van der Waals surface area contributed by atoms with Crippen molar-refractivity contribution in [2.75, 3.05) is 6.54 Å². The normalized spacial score (nSPS) is 24.1. The summed E-state index contributed by atoms with van der Waals surface area (Å²) < 4.78 is 5.64. The Kier molecular flexibility index (Phi) is 4.83. The minimum absolute atomic E-state index is 0.0606. The SMILES string of the molecule is CC(C)Oc1ccc(C(C)NCC2CC(O)C2)cc1. The Balaban J connectivity index is 1.80. The summed E-state index contributed by atoms with van der Waals surface area (Å²) in [5.74, 6) is 1.56. The molecule has 106 valence electrons. The van der Waals surface area contributed by atoms with E-state index in [0.717, 1.165) is 25.1 Å². The van der Waals surface area contributed by atoms with Gasteiger partial charge in [0.25, 0.3) is 0 Å². The molecule has 0 aromatic heterocycles. The van der Waals surface area contributed by atoms with Crippen molar-refractivity contribution in [1.29, 1.82) is 0 Å². The molecule has 1 aliphatic carbocycles. The van der Waals surface area contributed by atoms with Gasteiger partial charge in [-0.2, -0.15) is 0 Å². The molecule has 1 aromatic carbocycles. The minimum Gasteiger partial charge on any atom is -0.491 e. The van der Waals surface area contributed by atoms with Crippen LogP contribution in [-0.4, -0.2) is 23.9 Å². The van der Waals surface area contributed by atoms with Crippen molar-refractivity contribution >= 4 is 0 Å². The fourth-order valence-corrected chi connectivity index (χ4v) is 2.44. The Morgan fingerprint density at radius 3 is 2.37 bits per heavy atom. The third-order valence-corrected chi connectivity index (χ3v) is 3.68. The van der Waals surface area contributed by atoms with Crippen molar-refractivity contribution in [2.45, 2.75) is 51.9 Å². The van der Waals surface area contributed by atoms with Gasteiger partial charge in [0.2, 0.25) is 0 Å². The van der Waals surface area contributed by atoms with Gasteiger partial charge in [0.05, 0.1) is 12.2 Å². The maximum atomic E-state index is 9.26. The Bertz CT molecular complexity index is 382. The zero-order valence-electron chi connectivity index (χ0n) is 12.1. The molecule has 1 fully saturated rings. The maximum absolute atomic E-state index is 9.26. The van der Waals surface area contributed by atoms with Crippen LogP contribution in [0.3, 0.4) is 0 Å². The van der Waals surface area contributed by atoms with Gasteiger partial charge in [-0.15, -0.1) is 0 Å². The molecule has 1 unspecified atom stereocenters. The molecule has 2 N–H and O–H groups in total. The molecule has 0 saturated heterocycles. The lowest BCUT2D eigenvalue weighted by Gasteiger charge is -2.32. The molecule has 0 heterocycles. The molecule has 0 bridgehead atoms. The zero-order valence-corrected chi connectivity index (χ0v) is 12.1. The quantitative estimate of drug-likeness (QED) is 0.829. The first kappa shape index (κ1) is 14.4. The molecule has 1 atom stereocenters. The van der Waals surface area contributed by atoms with Crippen molar-refractivity contribution in [3.63, 3.8) is 0 Å². The van der Waals surface area contributed by atoms with Crippen molar-refractivity contribution in [3.8, 4) is 5.75 Å². The number of benzene rings is 1. The van der Waals surface area contributed by atoms with Crippen LogP contribution in [-0.2, 0) is 0 Å². The minimum atomic E-state index is -0.0606. The second-order valence-corrected chi connectivity index (χ2v) is 5.86. The van der Waals surface area contributed by atoms with Crippen LogP contribution >= 0.6 is 0 Å². The standard InChI is InChI=1S/C16H25NO2/c1-11(2)19-16-6-4-14(5-7-16)12(3)17-10-13-8-15(18)9-13/h4-7,11-13,15,17-18H,8-10H2,1-3H3. The lowest BCUT2D eigenvalue weighted by Crippen LogP contribution is -2.36. The molecular formula is C16H25NO2. The van der Waals surface area contributed by atoms with Crippen molar-refractivity contribution < 1.29 is 9.84 Å². The Morgan fingerprint density at radius 1 is 1.21 bits per heavy atom. The fraction of sp³-hybridized carbons (Fsp3) is 0.625. The molecule has 3 heteroatoms. The number of ether oxygens (including phenoxy) is 1. The van der Waals surface area contributed by atoms with E-state index in [0.29, 0.717) is 12.0 Å².